The third-order valence-corrected chi connectivity index (χ3v) is 4.99. The van der Waals surface area contributed by atoms with Gasteiger partial charge in [0.15, 0.2) is 0 Å². The molecular weight excluding hydrogens is 313 g/mol. The van der Waals surface area contributed by atoms with Gasteiger partial charge in [-0.1, -0.05) is 43.1 Å². The maximum Gasteiger partial charge on any atom is 0.137 e. The average Bonchev–Trinajstić information content (AvgIpc) is 2.87. The van der Waals surface area contributed by atoms with Crippen molar-refractivity contribution in [2.45, 2.75) is 25.6 Å². The fraction of sp³-hybridized carbons (Fsp3) is 0.429. The second-order valence-corrected chi connectivity index (χ2v) is 7.08. The molecule has 0 spiro atoms. The van der Waals surface area contributed by atoms with Crippen LogP contribution in [0.4, 0.5) is 0 Å². The molecule has 1 heterocycles. The van der Waals surface area contributed by atoms with E-state index in [0.717, 1.165) is 17.9 Å². The van der Waals surface area contributed by atoms with E-state index in [2.05, 4.69) is 23.9 Å². The lowest BCUT2D eigenvalue weighted by molar-refractivity contribution is 0.603. The van der Waals surface area contributed by atoms with Gasteiger partial charge in [0.05, 0.1) is 11.8 Å². The molecule has 20 heavy (non-hydrogen) atoms. The summed E-state index contributed by atoms with van der Waals surface area (Å²) < 4.78 is 1.84. The zero-order chi connectivity index (χ0) is 14.5. The molecule has 0 saturated carbocycles. The summed E-state index contributed by atoms with van der Waals surface area (Å²) in [6.45, 7) is 5.17. The van der Waals surface area contributed by atoms with Crippen molar-refractivity contribution >= 4 is 35.0 Å². The fourth-order valence-electron chi connectivity index (χ4n) is 1.81. The molecule has 1 aromatic heterocycles. The lowest BCUT2D eigenvalue weighted by Gasteiger charge is -2.19. The Labute approximate surface area is 133 Å². The first-order valence-electron chi connectivity index (χ1n) is 6.45. The smallest absolute Gasteiger partial charge is 0.137 e. The molecule has 3 nitrogen and oxygen atoms in total. The van der Waals surface area contributed by atoms with Crippen LogP contribution in [0.3, 0.4) is 0 Å². The molecule has 108 valence electrons. The molecule has 0 saturated heterocycles. The van der Waals surface area contributed by atoms with Gasteiger partial charge in [0, 0.05) is 10.0 Å². The van der Waals surface area contributed by atoms with E-state index in [-0.39, 0.29) is 5.25 Å². The predicted octanol–water partition coefficient (Wildman–Crippen LogP) is 4.72. The van der Waals surface area contributed by atoms with E-state index in [1.54, 1.807) is 18.7 Å². The van der Waals surface area contributed by atoms with E-state index in [4.69, 9.17) is 23.2 Å². The third kappa shape index (κ3) is 4.40. The van der Waals surface area contributed by atoms with Gasteiger partial charge in [-0.2, -0.15) is 16.9 Å². The maximum atomic E-state index is 6.34. The maximum absolute atomic E-state index is 6.34. The number of halogens is 2. The monoisotopic (exact) mass is 329 g/mol. The molecule has 0 N–H and O–H groups in total. The molecule has 1 atom stereocenters. The largest absolute Gasteiger partial charge is 0.252 e. The summed E-state index contributed by atoms with van der Waals surface area (Å²) in [5.74, 6) is 1.70. The summed E-state index contributed by atoms with van der Waals surface area (Å²) in [7, 11) is 0. The molecule has 0 aliphatic heterocycles. The number of rotatable bonds is 6. The van der Waals surface area contributed by atoms with Gasteiger partial charge in [-0.3, -0.25) is 4.68 Å². The van der Waals surface area contributed by atoms with Gasteiger partial charge in [0.25, 0.3) is 0 Å². The summed E-state index contributed by atoms with van der Waals surface area (Å²) in [5, 5.41) is 5.79. The lowest BCUT2D eigenvalue weighted by atomic mass is 10.1. The van der Waals surface area contributed by atoms with Gasteiger partial charge in [-0.15, -0.1) is 0 Å². The minimum atomic E-state index is 0.240. The van der Waals surface area contributed by atoms with Crippen molar-refractivity contribution in [3.63, 3.8) is 0 Å². The van der Waals surface area contributed by atoms with E-state index in [1.807, 2.05) is 28.6 Å². The number of thioether (sulfide) groups is 1. The van der Waals surface area contributed by atoms with E-state index >= 15 is 0 Å². The highest BCUT2D eigenvalue weighted by molar-refractivity contribution is 7.99. The second-order valence-electron chi connectivity index (χ2n) is 5.00. The van der Waals surface area contributed by atoms with Crippen LogP contribution in [0.15, 0.2) is 30.9 Å². The Balaban J connectivity index is 2.20. The van der Waals surface area contributed by atoms with Crippen molar-refractivity contribution in [1.29, 1.82) is 0 Å². The molecule has 1 unspecified atom stereocenters. The van der Waals surface area contributed by atoms with Crippen molar-refractivity contribution in [1.82, 2.24) is 14.8 Å². The van der Waals surface area contributed by atoms with Crippen LogP contribution in [0.1, 0.15) is 24.7 Å². The Morgan fingerprint density at radius 2 is 2.10 bits per heavy atom. The Bertz CT molecular complexity index is 543. The van der Waals surface area contributed by atoms with E-state index in [0.29, 0.717) is 16.0 Å². The lowest BCUT2D eigenvalue weighted by Crippen LogP contribution is -2.09. The highest BCUT2D eigenvalue weighted by Gasteiger charge is 2.17. The number of hydrogen-bond acceptors (Lipinski definition) is 3. The van der Waals surface area contributed by atoms with Crippen LogP contribution < -0.4 is 0 Å². The predicted molar refractivity (Wildman–Crippen MR) is 86.5 cm³/mol. The third-order valence-electron chi connectivity index (χ3n) is 2.76. The summed E-state index contributed by atoms with van der Waals surface area (Å²) >= 11 is 14.2. The Morgan fingerprint density at radius 1 is 1.30 bits per heavy atom. The first-order valence-corrected chi connectivity index (χ1v) is 8.25. The molecule has 0 radical (unpaired) electrons. The summed E-state index contributed by atoms with van der Waals surface area (Å²) in [6, 6.07) is 5.68. The van der Waals surface area contributed by atoms with Crippen molar-refractivity contribution in [3.8, 4) is 0 Å². The molecule has 6 heteroatoms. The molecule has 0 amide bonds. The van der Waals surface area contributed by atoms with Gasteiger partial charge >= 0.3 is 0 Å². The van der Waals surface area contributed by atoms with Crippen molar-refractivity contribution in [2.24, 2.45) is 5.92 Å². The number of nitrogens with zero attached hydrogens (tertiary/aromatic N) is 3. The first kappa shape index (κ1) is 15.7. The Kier molecular flexibility index (Phi) is 5.75. The summed E-state index contributed by atoms with van der Waals surface area (Å²) in [5.41, 5.74) is 1.09. The Hall–Kier alpha value is -0.710. The van der Waals surface area contributed by atoms with E-state index in [9.17, 15) is 0 Å². The van der Waals surface area contributed by atoms with Crippen LogP contribution in [-0.2, 0) is 6.54 Å². The zero-order valence-electron chi connectivity index (χ0n) is 11.5. The first-order chi connectivity index (χ1) is 9.56. The van der Waals surface area contributed by atoms with E-state index in [1.165, 1.54) is 0 Å². The van der Waals surface area contributed by atoms with Gasteiger partial charge in [-0.25, -0.2) is 4.98 Å². The topological polar surface area (TPSA) is 30.7 Å². The highest BCUT2D eigenvalue weighted by atomic mass is 35.5. The van der Waals surface area contributed by atoms with Crippen LogP contribution in [-0.4, -0.2) is 20.5 Å². The zero-order valence-corrected chi connectivity index (χ0v) is 13.8. The van der Waals surface area contributed by atoms with Crippen LogP contribution in [0.25, 0.3) is 0 Å². The minimum Gasteiger partial charge on any atom is -0.252 e. The van der Waals surface area contributed by atoms with Crippen molar-refractivity contribution in [2.75, 3.05) is 5.75 Å². The van der Waals surface area contributed by atoms with Gasteiger partial charge in [0.1, 0.15) is 12.7 Å². The molecule has 2 rings (SSSR count). The molecule has 0 aliphatic rings. The number of aromatic nitrogens is 3. The molecule has 0 aliphatic carbocycles. The van der Waals surface area contributed by atoms with Crippen LogP contribution >= 0.6 is 35.0 Å². The SMILES string of the molecule is CC(C)CSC(Cn1cncn1)c1ccc(Cl)cc1Cl. The van der Waals surface area contributed by atoms with Gasteiger partial charge < -0.3 is 0 Å². The van der Waals surface area contributed by atoms with Crippen LogP contribution in [0.2, 0.25) is 10.0 Å². The van der Waals surface area contributed by atoms with Gasteiger partial charge in [0.2, 0.25) is 0 Å². The molecular formula is C14H17Cl2N3S. The molecule has 1 aromatic carbocycles. The average molecular weight is 330 g/mol. The second kappa shape index (κ2) is 7.34. The summed E-state index contributed by atoms with van der Waals surface area (Å²) in [4.78, 5) is 3.99. The standard InChI is InChI=1S/C14H17Cl2N3S/c1-10(2)7-20-14(6-19-9-17-8-18-19)12-4-3-11(15)5-13(12)16/h3-5,8-10,14H,6-7H2,1-2H3. The summed E-state index contributed by atoms with van der Waals surface area (Å²) in [6.07, 6.45) is 3.28. The molecule has 0 fully saturated rings. The fourth-order valence-corrected chi connectivity index (χ4v) is 3.67. The molecule has 2 aromatic rings. The minimum absolute atomic E-state index is 0.240. The highest BCUT2D eigenvalue weighted by Crippen LogP contribution is 2.36. The Morgan fingerprint density at radius 3 is 2.70 bits per heavy atom. The van der Waals surface area contributed by atoms with Crippen molar-refractivity contribution < 1.29 is 0 Å². The van der Waals surface area contributed by atoms with Crippen molar-refractivity contribution in [3.05, 3.63) is 46.5 Å². The van der Waals surface area contributed by atoms with E-state index < -0.39 is 0 Å². The number of benzene rings is 1. The molecule has 0 bridgehead atoms. The quantitative estimate of drug-likeness (QED) is 0.768. The normalized spacial score (nSPS) is 12.8. The number of hydrogen-bond donors (Lipinski definition) is 0. The van der Waals surface area contributed by atoms with Gasteiger partial charge in [-0.05, 0) is 29.4 Å². The van der Waals surface area contributed by atoms with Crippen LogP contribution in [0, 0.1) is 5.92 Å². The van der Waals surface area contributed by atoms with Crippen LogP contribution in [0.5, 0.6) is 0 Å².